The Morgan fingerprint density at radius 2 is 1.90 bits per heavy atom. The average Bonchev–Trinajstić information content (AvgIpc) is 3.51. The molecule has 0 amide bonds. The van der Waals surface area contributed by atoms with Crippen molar-refractivity contribution >= 4 is 10.8 Å². The normalized spacial score (nSPS) is 13.7. The first kappa shape index (κ1) is 18.5. The smallest absolute Gasteiger partial charge is 0.282 e. The van der Waals surface area contributed by atoms with Crippen LogP contribution < -0.4 is 10.3 Å². The summed E-state index contributed by atoms with van der Waals surface area (Å²) in [6.45, 7) is 5.87. The molecule has 0 N–H and O–H groups in total. The number of fused-ring (bicyclic) bond motifs is 1. The van der Waals surface area contributed by atoms with E-state index in [1.165, 1.54) is 18.3 Å². The Morgan fingerprint density at radius 1 is 1.10 bits per heavy atom. The Hall–Kier alpha value is -3.48. The molecule has 4 aromatic rings. The van der Waals surface area contributed by atoms with Gasteiger partial charge in [-0.3, -0.25) is 4.79 Å². The standard InChI is InChI=1S/C23H21FN4O2/c1-13-19(7-4-8-20(13)30-16-9-10-16)27-14(2)17-12-26-28(23(29)21(17)15(27)3)22-18(24)6-5-11-25-22/h4-8,11-12,16H,9-10H2,1-3H3. The van der Waals surface area contributed by atoms with Gasteiger partial charge in [-0.1, -0.05) is 6.07 Å². The van der Waals surface area contributed by atoms with E-state index in [0.29, 0.717) is 11.5 Å². The molecule has 1 aromatic carbocycles. The Bertz CT molecular complexity index is 1350. The molecule has 6 nitrogen and oxygen atoms in total. The molecule has 5 rings (SSSR count). The fourth-order valence-electron chi connectivity index (χ4n) is 3.95. The number of hydrogen-bond acceptors (Lipinski definition) is 4. The molecule has 3 aromatic heterocycles. The molecule has 0 unspecified atom stereocenters. The summed E-state index contributed by atoms with van der Waals surface area (Å²) in [5.41, 5.74) is 3.24. The van der Waals surface area contributed by atoms with Crippen molar-refractivity contribution in [3.05, 3.63) is 75.8 Å². The Kier molecular flexibility index (Phi) is 4.20. The second kappa shape index (κ2) is 6.79. The molecule has 0 atom stereocenters. The van der Waals surface area contributed by atoms with Gasteiger partial charge in [0.25, 0.3) is 5.56 Å². The van der Waals surface area contributed by atoms with Gasteiger partial charge in [0, 0.05) is 28.5 Å². The number of aryl methyl sites for hydroxylation is 2. The summed E-state index contributed by atoms with van der Waals surface area (Å²) in [6.07, 6.45) is 5.52. The summed E-state index contributed by atoms with van der Waals surface area (Å²) < 4.78 is 23.3. The van der Waals surface area contributed by atoms with Gasteiger partial charge in [0.2, 0.25) is 0 Å². The molecule has 0 radical (unpaired) electrons. The van der Waals surface area contributed by atoms with E-state index in [1.807, 2.05) is 43.5 Å². The number of aromatic nitrogens is 4. The second-order valence-electron chi connectivity index (χ2n) is 7.68. The Balaban J connectivity index is 1.73. The zero-order chi connectivity index (χ0) is 21.0. The summed E-state index contributed by atoms with van der Waals surface area (Å²) in [5, 5.41) is 5.43. The summed E-state index contributed by atoms with van der Waals surface area (Å²) in [6, 6.07) is 8.69. The summed E-state index contributed by atoms with van der Waals surface area (Å²) >= 11 is 0. The maximum absolute atomic E-state index is 14.2. The quantitative estimate of drug-likeness (QED) is 0.512. The van der Waals surface area contributed by atoms with Crippen LogP contribution in [0, 0.1) is 26.6 Å². The first-order chi connectivity index (χ1) is 14.5. The zero-order valence-electron chi connectivity index (χ0n) is 17.0. The van der Waals surface area contributed by atoms with Crippen molar-refractivity contribution in [2.24, 2.45) is 0 Å². The van der Waals surface area contributed by atoms with Crippen LogP contribution in [0.5, 0.6) is 5.75 Å². The topological polar surface area (TPSA) is 61.9 Å². The highest BCUT2D eigenvalue weighted by molar-refractivity contribution is 5.88. The van der Waals surface area contributed by atoms with E-state index in [0.717, 1.165) is 51.3 Å². The highest BCUT2D eigenvalue weighted by Gasteiger charge is 2.25. The summed E-state index contributed by atoms with van der Waals surface area (Å²) in [4.78, 5) is 17.3. The SMILES string of the molecule is Cc1c(OC2CC2)cccc1-n1c(C)c2cnn(-c3ncccc3F)c(=O)c2c1C. The lowest BCUT2D eigenvalue weighted by atomic mass is 10.1. The van der Waals surface area contributed by atoms with E-state index in [1.54, 1.807) is 6.20 Å². The van der Waals surface area contributed by atoms with E-state index < -0.39 is 11.4 Å². The van der Waals surface area contributed by atoms with Crippen molar-refractivity contribution in [2.75, 3.05) is 0 Å². The van der Waals surface area contributed by atoms with Crippen molar-refractivity contribution in [3.63, 3.8) is 0 Å². The molecule has 0 aliphatic heterocycles. The minimum atomic E-state index is -0.596. The fourth-order valence-corrected chi connectivity index (χ4v) is 3.95. The number of nitrogens with zero attached hydrogens (tertiary/aromatic N) is 4. The van der Waals surface area contributed by atoms with Crippen LogP contribution in [0.1, 0.15) is 29.8 Å². The van der Waals surface area contributed by atoms with Crippen molar-refractivity contribution in [3.8, 4) is 17.3 Å². The van der Waals surface area contributed by atoms with Gasteiger partial charge in [0.1, 0.15) is 5.75 Å². The molecule has 3 heterocycles. The van der Waals surface area contributed by atoms with Gasteiger partial charge in [0.15, 0.2) is 11.6 Å². The highest BCUT2D eigenvalue weighted by Crippen LogP contribution is 2.34. The molecular formula is C23H21FN4O2. The van der Waals surface area contributed by atoms with E-state index in [-0.39, 0.29) is 5.82 Å². The second-order valence-corrected chi connectivity index (χ2v) is 7.68. The Morgan fingerprint density at radius 3 is 2.63 bits per heavy atom. The molecule has 1 aliphatic carbocycles. The van der Waals surface area contributed by atoms with Crippen LogP contribution in [0.25, 0.3) is 22.3 Å². The van der Waals surface area contributed by atoms with Gasteiger partial charge in [-0.05, 0) is 57.9 Å². The van der Waals surface area contributed by atoms with Gasteiger partial charge >= 0.3 is 0 Å². The van der Waals surface area contributed by atoms with Crippen LogP contribution in [0.3, 0.4) is 0 Å². The minimum Gasteiger partial charge on any atom is -0.490 e. The zero-order valence-corrected chi connectivity index (χ0v) is 17.0. The molecule has 152 valence electrons. The number of hydrogen-bond donors (Lipinski definition) is 0. The molecular weight excluding hydrogens is 383 g/mol. The van der Waals surface area contributed by atoms with Crippen molar-refractivity contribution < 1.29 is 9.13 Å². The maximum atomic E-state index is 14.2. The van der Waals surface area contributed by atoms with Crippen LogP contribution in [0.4, 0.5) is 4.39 Å². The number of pyridine rings is 1. The fraction of sp³-hybridized carbons (Fsp3) is 0.261. The maximum Gasteiger partial charge on any atom is 0.282 e. The van der Waals surface area contributed by atoms with Crippen LogP contribution >= 0.6 is 0 Å². The molecule has 7 heteroatoms. The molecule has 0 saturated heterocycles. The summed E-state index contributed by atoms with van der Waals surface area (Å²) in [7, 11) is 0. The van der Waals surface area contributed by atoms with Gasteiger partial charge in [-0.15, -0.1) is 0 Å². The lowest BCUT2D eigenvalue weighted by Crippen LogP contribution is -2.23. The van der Waals surface area contributed by atoms with Crippen molar-refractivity contribution in [1.29, 1.82) is 0 Å². The molecule has 1 saturated carbocycles. The summed E-state index contributed by atoms with van der Waals surface area (Å²) in [5.74, 6) is 0.156. The van der Waals surface area contributed by atoms with Gasteiger partial charge in [-0.25, -0.2) is 9.37 Å². The number of rotatable bonds is 4. The van der Waals surface area contributed by atoms with Crippen LogP contribution in [-0.2, 0) is 0 Å². The number of benzene rings is 1. The third-order valence-corrected chi connectivity index (χ3v) is 5.65. The van der Waals surface area contributed by atoms with E-state index in [4.69, 9.17) is 4.74 Å². The van der Waals surface area contributed by atoms with E-state index in [2.05, 4.69) is 10.1 Å². The lowest BCUT2D eigenvalue weighted by molar-refractivity contribution is 0.301. The molecule has 0 bridgehead atoms. The van der Waals surface area contributed by atoms with Crippen LogP contribution in [-0.4, -0.2) is 25.4 Å². The van der Waals surface area contributed by atoms with E-state index >= 15 is 0 Å². The lowest BCUT2D eigenvalue weighted by Gasteiger charge is -2.16. The van der Waals surface area contributed by atoms with Crippen molar-refractivity contribution in [1.82, 2.24) is 19.3 Å². The average molecular weight is 404 g/mol. The van der Waals surface area contributed by atoms with Crippen LogP contribution in [0.2, 0.25) is 0 Å². The molecule has 1 aliphatic rings. The number of ether oxygens (including phenoxy) is 1. The largest absolute Gasteiger partial charge is 0.490 e. The van der Waals surface area contributed by atoms with Gasteiger partial charge in [-0.2, -0.15) is 9.78 Å². The van der Waals surface area contributed by atoms with Gasteiger partial charge in [0.05, 0.1) is 23.4 Å². The first-order valence-corrected chi connectivity index (χ1v) is 9.95. The predicted octanol–water partition coefficient (Wildman–Crippen LogP) is 4.18. The first-order valence-electron chi connectivity index (χ1n) is 9.95. The monoisotopic (exact) mass is 404 g/mol. The molecule has 30 heavy (non-hydrogen) atoms. The van der Waals surface area contributed by atoms with Crippen molar-refractivity contribution in [2.45, 2.75) is 39.7 Å². The minimum absolute atomic E-state index is 0.106. The third-order valence-electron chi connectivity index (χ3n) is 5.65. The van der Waals surface area contributed by atoms with Gasteiger partial charge < -0.3 is 9.30 Å². The van der Waals surface area contributed by atoms with Crippen LogP contribution in [0.15, 0.2) is 47.5 Å². The molecule has 0 spiro atoms. The molecule has 1 fully saturated rings. The van der Waals surface area contributed by atoms with E-state index in [9.17, 15) is 9.18 Å². The highest BCUT2D eigenvalue weighted by atomic mass is 19.1. The predicted molar refractivity (Wildman–Crippen MR) is 112 cm³/mol. The number of halogens is 1. The third kappa shape index (κ3) is 2.81. The Labute approximate surface area is 172 Å².